The molecule has 3 rings (SSSR count). The van der Waals surface area contributed by atoms with Crippen molar-refractivity contribution in [1.82, 2.24) is 0 Å². The van der Waals surface area contributed by atoms with Gasteiger partial charge >= 0.3 is 0 Å². The van der Waals surface area contributed by atoms with Crippen molar-refractivity contribution >= 4 is 17.7 Å². The molecule has 0 aliphatic carbocycles. The predicted octanol–water partition coefficient (Wildman–Crippen LogP) is 4.80. The number of hydrogen-bond acceptors (Lipinski definition) is 3. The molecule has 1 heterocycles. The van der Waals surface area contributed by atoms with Gasteiger partial charge in [0, 0.05) is 17.3 Å². The van der Waals surface area contributed by atoms with Crippen molar-refractivity contribution in [3.63, 3.8) is 0 Å². The maximum absolute atomic E-state index is 12.3. The Kier molecular flexibility index (Phi) is 4.77. The van der Waals surface area contributed by atoms with Gasteiger partial charge in [-0.25, -0.2) is 0 Å². The number of nitrogens with one attached hydrogen (secondary N) is 1. The van der Waals surface area contributed by atoms with Crippen LogP contribution in [0.15, 0.2) is 76.7 Å². The van der Waals surface area contributed by atoms with Crippen LogP contribution < -0.4 is 5.32 Å². The summed E-state index contributed by atoms with van der Waals surface area (Å²) in [5.41, 5.74) is 2.65. The van der Waals surface area contributed by atoms with Gasteiger partial charge in [0.1, 0.15) is 23.2 Å². The van der Waals surface area contributed by atoms with Gasteiger partial charge in [-0.05, 0) is 31.2 Å². The van der Waals surface area contributed by atoms with Crippen molar-refractivity contribution in [2.45, 2.75) is 6.92 Å². The van der Waals surface area contributed by atoms with Gasteiger partial charge in [0.25, 0.3) is 5.91 Å². The number of amides is 1. The molecule has 0 bridgehead atoms. The number of aryl methyl sites for hydroxylation is 1. The maximum atomic E-state index is 12.3. The summed E-state index contributed by atoms with van der Waals surface area (Å²) in [6.45, 7) is 1.97. The average molecular weight is 328 g/mol. The molecule has 0 spiro atoms. The summed E-state index contributed by atoms with van der Waals surface area (Å²) in [7, 11) is 0. The highest BCUT2D eigenvalue weighted by Gasteiger charge is 2.11. The first kappa shape index (κ1) is 16.3. The average Bonchev–Trinajstić information content (AvgIpc) is 3.11. The van der Waals surface area contributed by atoms with E-state index in [1.54, 1.807) is 18.2 Å². The lowest BCUT2D eigenvalue weighted by Crippen LogP contribution is -2.13. The van der Waals surface area contributed by atoms with Crippen LogP contribution in [-0.4, -0.2) is 5.91 Å². The summed E-state index contributed by atoms with van der Waals surface area (Å²) in [4.78, 5) is 12.3. The largest absolute Gasteiger partial charge is 0.457 e. The molecule has 4 nitrogen and oxygen atoms in total. The van der Waals surface area contributed by atoms with E-state index >= 15 is 0 Å². The minimum atomic E-state index is -0.469. The normalized spacial score (nSPS) is 11.0. The third-order valence-electron chi connectivity index (χ3n) is 3.65. The summed E-state index contributed by atoms with van der Waals surface area (Å²) in [5, 5.41) is 12.0. The molecule has 0 aliphatic heterocycles. The number of furan rings is 1. The number of nitriles is 1. The summed E-state index contributed by atoms with van der Waals surface area (Å²) in [6.07, 6.45) is 1.44. The molecule has 0 saturated heterocycles. The molecular formula is C21H16N2O2. The van der Waals surface area contributed by atoms with Crippen LogP contribution >= 0.6 is 0 Å². The number of carbonyl (C=O) groups excluding carboxylic acids is 1. The van der Waals surface area contributed by atoms with Crippen LogP contribution in [0, 0.1) is 18.3 Å². The number of anilines is 1. The van der Waals surface area contributed by atoms with Crippen LogP contribution in [0.4, 0.5) is 5.69 Å². The van der Waals surface area contributed by atoms with E-state index in [-0.39, 0.29) is 5.57 Å². The van der Waals surface area contributed by atoms with E-state index in [4.69, 9.17) is 4.42 Å². The zero-order valence-electron chi connectivity index (χ0n) is 13.7. The Bertz CT molecular complexity index is 946. The van der Waals surface area contributed by atoms with Crippen molar-refractivity contribution in [1.29, 1.82) is 5.26 Å². The molecule has 3 aromatic rings. The van der Waals surface area contributed by atoms with Crippen LogP contribution in [-0.2, 0) is 4.79 Å². The monoisotopic (exact) mass is 328 g/mol. The van der Waals surface area contributed by atoms with Crippen LogP contribution in [0.3, 0.4) is 0 Å². The van der Waals surface area contributed by atoms with E-state index in [2.05, 4.69) is 5.32 Å². The molecule has 1 aromatic heterocycles. The molecular weight excluding hydrogens is 312 g/mol. The second kappa shape index (κ2) is 7.33. The fourth-order valence-electron chi connectivity index (χ4n) is 2.31. The quantitative estimate of drug-likeness (QED) is 0.552. The summed E-state index contributed by atoms with van der Waals surface area (Å²) < 4.78 is 5.71. The smallest absolute Gasteiger partial charge is 0.266 e. The topological polar surface area (TPSA) is 66.0 Å². The fourth-order valence-corrected chi connectivity index (χ4v) is 2.31. The van der Waals surface area contributed by atoms with Gasteiger partial charge < -0.3 is 9.73 Å². The van der Waals surface area contributed by atoms with Gasteiger partial charge in [-0.3, -0.25) is 4.79 Å². The number of nitrogens with zero attached hydrogens (tertiary/aromatic N) is 1. The molecule has 2 aromatic carbocycles. The van der Waals surface area contributed by atoms with Crippen molar-refractivity contribution in [3.05, 3.63) is 83.6 Å². The van der Waals surface area contributed by atoms with Crippen molar-refractivity contribution < 1.29 is 9.21 Å². The molecule has 0 aliphatic rings. The third kappa shape index (κ3) is 4.04. The first-order valence-corrected chi connectivity index (χ1v) is 7.81. The van der Waals surface area contributed by atoms with Crippen LogP contribution in [0.2, 0.25) is 0 Å². The Morgan fingerprint density at radius 3 is 2.44 bits per heavy atom. The molecule has 1 N–H and O–H groups in total. The van der Waals surface area contributed by atoms with Gasteiger partial charge in [0.2, 0.25) is 0 Å². The highest BCUT2D eigenvalue weighted by Crippen LogP contribution is 2.23. The van der Waals surface area contributed by atoms with Crippen molar-refractivity contribution in [3.8, 4) is 17.4 Å². The first-order valence-electron chi connectivity index (χ1n) is 7.81. The first-order chi connectivity index (χ1) is 12.2. The Balaban J connectivity index is 1.78. The van der Waals surface area contributed by atoms with Crippen LogP contribution in [0.1, 0.15) is 11.3 Å². The number of rotatable bonds is 4. The van der Waals surface area contributed by atoms with E-state index in [1.807, 2.05) is 61.5 Å². The molecule has 0 fully saturated rings. The summed E-state index contributed by atoms with van der Waals surface area (Å²) in [5.74, 6) is 0.668. The van der Waals surface area contributed by atoms with Crippen molar-refractivity contribution in [2.24, 2.45) is 0 Å². The minimum absolute atomic E-state index is 0.0189. The van der Waals surface area contributed by atoms with E-state index in [0.717, 1.165) is 11.1 Å². The van der Waals surface area contributed by atoms with Gasteiger partial charge in [0.15, 0.2) is 0 Å². The Labute approximate surface area is 146 Å². The second-order valence-corrected chi connectivity index (χ2v) is 5.56. The SMILES string of the molecule is Cc1ccc(NC(=O)/C(C#N)=C/c2ccc(-c3ccccc3)o2)cc1. The molecule has 4 heteroatoms. The van der Waals surface area contributed by atoms with E-state index in [1.165, 1.54) is 6.08 Å². The molecule has 0 radical (unpaired) electrons. The Morgan fingerprint density at radius 2 is 1.76 bits per heavy atom. The van der Waals surface area contributed by atoms with Crippen LogP contribution in [0.25, 0.3) is 17.4 Å². The molecule has 0 unspecified atom stereocenters. The van der Waals surface area contributed by atoms with Gasteiger partial charge in [0.05, 0.1) is 0 Å². The lowest BCUT2D eigenvalue weighted by Gasteiger charge is -2.04. The zero-order chi connectivity index (χ0) is 17.6. The van der Waals surface area contributed by atoms with Gasteiger partial charge in [-0.15, -0.1) is 0 Å². The van der Waals surface area contributed by atoms with E-state index in [0.29, 0.717) is 17.2 Å². The second-order valence-electron chi connectivity index (χ2n) is 5.56. The number of benzene rings is 2. The van der Waals surface area contributed by atoms with Crippen LogP contribution in [0.5, 0.6) is 0 Å². The third-order valence-corrected chi connectivity index (χ3v) is 3.65. The van der Waals surface area contributed by atoms with E-state index in [9.17, 15) is 10.1 Å². The molecule has 0 saturated carbocycles. The number of carbonyl (C=O) groups is 1. The Hall–Kier alpha value is -3.58. The number of hydrogen-bond donors (Lipinski definition) is 1. The lowest BCUT2D eigenvalue weighted by atomic mass is 10.2. The van der Waals surface area contributed by atoms with Gasteiger partial charge in [-0.1, -0.05) is 48.0 Å². The fraction of sp³-hybridized carbons (Fsp3) is 0.0476. The minimum Gasteiger partial charge on any atom is -0.457 e. The predicted molar refractivity (Wildman–Crippen MR) is 97.5 cm³/mol. The summed E-state index contributed by atoms with van der Waals surface area (Å²) in [6, 6.07) is 22.5. The Morgan fingerprint density at radius 1 is 1.04 bits per heavy atom. The maximum Gasteiger partial charge on any atom is 0.266 e. The van der Waals surface area contributed by atoms with Crippen molar-refractivity contribution in [2.75, 3.05) is 5.32 Å². The highest BCUT2D eigenvalue weighted by molar-refractivity contribution is 6.09. The van der Waals surface area contributed by atoms with Gasteiger partial charge in [-0.2, -0.15) is 5.26 Å². The highest BCUT2D eigenvalue weighted by atomic mass is 16.3. The zero-order valence-corrected chi connectivity index (χ0v) is 13.7. The molecule has 1 amide bonds. The van der Waals surface area contributed by atoms with E-state index < -0.39 is 5.91 Å². The molecule has 25 heavy (non-hydrogen) atoms. The molecule has 122 valence electrons. The lowest BCUT2D eigenvalue weighted by molar-refractivity contribution is -0.112. The standard InChI is InChI=1S/C21H16N2O2/c1-15-7-9-18(10-8-15)23-21(24)17(14-22)13-19-11-12-20(25-19)16-5-3-2-4-6-16/h2-13H,1H3,(H,23,24)/b17-13+. The summed E-state index contributed by atoms with van der Waals surface area (Å²) >= 11 is 0. The molecule has 0 atom stereocenters.